The van der Waals surface area contributed by atoms with Crippen molar-refractivity contribution in [1.29, 1.82) is 0 Å². The van der Waals surface area contributed by atoms with Gasteiger partial charge in [-0.05, 0) is 18.2 Å². The first-order valence-corrected chi connectivity index (χ1v) is 6.68. The molecule has 2 rings (SSSR count). The van der Waals surface area contributed by atoms with Gasteiger partial charge in [0.1, 0.15) is 18.2 Å². The van der Waals surface area contributed by atoms with Crippen LogP contribution in [-0.4, -0.2) is 15.7 Å². The predicted molar refractivity (Wildman–Crippen MR) is 76.2 cm³/mol. The molecule has 3 nitrogen and oxygen atoms in total. The molecule has 2 aromatic rings. The maximum Gasteiger partial charge on any atom is 0.138 e. The highest BCUT2D eigenvalue weighted by Gasteiger charge is 2.05. The zero-order chi connectivity index (χ0) is 14.4. The molecule has 104 valence electrons. The van der Waals surface area contributed by atoms with Crippen LogP contribution in [0.5, 0.6) is 5.75 Å². The smallest absolute Gasteiger partial charge is 0.138 e. The molecule has 0 N–H and O–H groups in total. The highest BCUT2D eigenvalue weighted by atomic mass is 35.5. The molecule has 0 bridgehead atoms. The van der Waals surface area contributed by atoms with E-state index in [2.05, 4.69) is 16.9 Å². The normalized spacial score (nSPS) is 9.95. The van der Waals surface area contributed by atoms with Crippen molar-refractivity contribution in [3.05, 3.63) is 47.5 Å². The zero-order valence-corrected chi connectivity index (χ0v) is 11.8. The van der Waals surface area contributed by atoms with Crippen LogP contribution in [0.2, 0.25) is 0 Å². The molecular weight excluding hydrogens is 279 g/mol. The van der Waals surface area contributed by atoms with Crippen LogP contribution < -0.4 is 4.74 Å². The summed E-state index contributed by atoms with van der Waals surface area (Å²) in [6.07, 6.45) is 2.41. The number of ether oxygens (including phenoxy) is 1. The van der Waals surface area contributed by atoms with Gasteiger partial charge in [-0.15, -0.1) is 11.6 Å². The zero-order valence-electron chi connectivity index (χ0n) is 11.1. The summed E-state index contributed by atoms with van der Waals surface area (Å²) in [5.41, 5.74) is 1.42. The van der Waals surface area contributed by atoms with Gasteiger partial charge in [0.25, 0.3) is 0 Å². The van der Waals surface area contributed by atoms with Crippen LogP contribution in [0.3, 0.4) is 0 Å². The van der Waals surface area contributed by atoms with Gasteiger partial charge in [0, 0.05) is 31.6 Å². The number of aromatic nitrogens is 2. The second-order valence-corrected chi connectivity index (χ2v) is 4.53. The maximum absolute atomic E-state index is 13.3. The number of benzene rings is 1. The highest BCUT2D eigenvalue weighted by molar-refractivity contribution is 6.18. The third-order valence-corrected chi connectivity index (χ3v) is 2.72. The molecule has 0 fully saturated rings. The second kappa shape index (κ2) is 6.97. The first kappa shape index (κ1) is 14.4. The molecule has 0 unspecified atom stereocenters. The van der Waals surface area contributed by atoms with Crippen molar-refractivity contribution >= 4 is 11.6 Å². The van der Waals surface area contributed by atoms with E-state index >= 15 is 0 Å². The molecule has 0 spiro atoms. The van der Waals surface area contributed by atoms with E-state index in [0.29, 0.717) is 23.6 Å². The number of aryl methyl sites for hydroxylation is 1. The summed E-state index contributed by atoms with van der Waals surface area (Å²) < 4.78 is 20.6. The molecule has 0 saturated heterocycles. The first-order valence-electron chi connectivity index (χ1n) is 6.15. The molecule has 1 aromatic carbocycles. The SMILES string of the molecule is Cn1ccc(COc2cc(F)ccc2C#CCCCl)n1. The van der Waals surface area contributed by atoms with E-state index in [1.807, 2.05) is 19.3 Å². The van der Waals surface area contributed by atoms with Gasteiger partial charge in [-0.1, -0.05) is 11.8 Å². The molecule has 0 amide bonds. The Balaban J connectivity index is 2.13. The Kier molecular flexibility index (Phi) is 5.03. The number of hydrogen-bond donors (Lipinski definition) is 0. The first-order chi connectivity index (χ1) is 9.69. The summed E-state index contributed by atoms with van der Waals surface area (Å²) in [6, 6.07) is 6.13. The monoisotopic (exact) mass is 292 g/mol. The van der Waals surface area contributed by atoms with Crippen molar-refractivity contribution in [3.63, 3.8) is 0 Å². The van der Waals surface area contributed by atoms with Gasteiger partial charge in [-0.25, -0.2) is 4.39 Å². The molecule has 0 aliphatic rings. The summed E-state index contributed by atoms with van der Waals surface area (Å²) >= 11 is 5.57. The number of hydrogen-bond acceptors (Lipinski definition) is 2. The molecule has 1 heterocycles. The van der Waals surface area contributed by atoms with Crippen molar-refractivity contribution < 1.29 is 9.13 Å². The summed E-state index contributed by atoms with van der Waals surface area (Å²) in [6.45, 7) is 0.272. The molecule has 0 atom stereocenters. The summed E-state index contributed by atoms with van der Waals surface area (Å²) in [7, 11) is 1.83. The summed E-state index contributed by atoms with van der Waals surface area (Å²) in [4.78, 5) is 0. The number of nitrogens with zero attached hydrogens (tertiary/aromatic N) is 2. The third-order valence-electron chi connectivity index (χ3n) is 2.53. The Morgan fingerprint density at radius 1 is 1.40 bits per heavy atom. The lowest BCUT2D eigenvalue weighted by atomic mass is 10.2. The van der Waals surface area contributed by atoms with Crippen molar-refractivity contribution in [2.45, 2.75) is 13.0 Å². The van der Waals surface area contributed by atoms with Crippen LogP contribution in [0, 0.1) is 17.7 Å². The standard InChI is InChI=1S/C15H14ClFN2O/c1-19-9-7-14(18-19)11-20-15-10-13(17)6-5-12(15)4-2-3-8-16/h5-7,9-10H,3,8,11H2,1H3. The van der Waals surface area contributed by atoms with Gasteiger partial charge in [0.05, 0.1) is 11.3 Å². The number of rotatable bonds is 4. The summed E-state index contributed by atoms with van der Waals surface area (Å²) in [5.74, 6) is 6.37. The van der Waals surface area contributed by atoms with Crippen LogP contribution >= 0.6 is 11.6 Å². The van der Waals surface area contributed by atoms with Gasteiger partial charge in [0.2, 0.25) is 0 Å². The van der Waals surface area contributed by atoms with Crippen LogP contribution in [0.15, 0.2) is 30.5 Å². The highest BCUT2D eigenvalue weighted by Crippen LogP contribution is 2.20. The van der Waals surface area contributed by atoms with E-state index < -0.39 is 0 Å². The lowest BCUT2D eigenvalue weighted by molar-refractivity contribution is 0.297. The van der Waals surface area contributed by atoms with Crippen LogP contribution in [0.25, 0.3) is 0 Å². The van der Waals surface area contributed by atoms with Crippen molar-refractivity contribution in [2.75, 3.05) is 5.88 Å². The van der Waals surface area contributed by atoms with Gasteiger partial charge >= 0.3 is 0 Å². The molecule has 0 aliphatic carbocycles. The Bertz CT molecular complexity index is 643. The molecule has 5 heteroatoms. The van der Waals surface area contributed by atoms with Crippen LogP contribution in [-0.2, 0) is 13.7 Å². The lowest BCUT2D eigenvalue weighted by Gasteiger charge is -2.07. The minimum absolute atomic E-state index is 0.272. The maximum atomic E-state index is 13.3. The second-order valence-electron chi connectivity index (χ2n) is 4.15. The van der Waals surface area contributed by atoms with Gasteiger partial charge in [-0.3, -0.25) is 4.68 Å². The number of halogens is 2. The Morgan fingerprint density at radius 3 is 2.95 bits per heavy atom. The molecule has 1 aromatic heterocycles. The molecule has 0 saturated carbocycles. The van der Waals surface area contributed by atoms with E-state index in [1.165, 1.54) is 12.1 Å². The van der Waals surface area contributed by atoms with E-state index in [4.69, 9.17) is 16.3 Å². The molecular formula is C15H14ClFN2O. The number of alkyl halides is 1. The van der Waals surface area contributed by atoms with Gasteiger partial charge < -0.3 is 4.74 Å². The minimum Gasteiger partial charge on any atom is -0.486 e. The predicted octanol–water partition coefficient (Wildman–Crippen LogP) is 3.12. The van der Waals surface area contributed by atoms with Crippen molar-refractivity contribution in [3.8, 4) is 17.6 Å². The van der Waals surface area contributed by atoms with Crippen LogP contribution in [0.1, 0.15) is 17.7 Å². The largest absolute Gasteiger partial charge is 0.486 e. The van der Waals surface area contributed by atoms with E-state index in [1.54, 1.807) is 10.7 Å². The Morgan fingerprint density at radius 2 is 2.25 bits per heavy atom. The quantitative estimate of drug-likeness (QED) is 0.639. The van der Waals surface area contributed by atoms with E-state index in [0.717, 1.165) is 5.69 Å². The fourth-order valence-electron chi connectivity index (χ4n) is 1.62. The molecule has 20 heavy (non-hydrogen) atoms. The third kappa shape index (κ3) is 4.01. The van der Waals surface area contributed by atoms with Crippen LogP contribution in [0.4, 0.5) is 4.39 Å². The lowest BCUT2D eigenvalue weighted by Crippen LogP contribution is -2.00. The minimum atomic E-state index is -0.357. The summed E-state index contributed by atoms with van der Waals surface area (Å²) in [5, 5.41) is 4.20. The average molecular weight is 293 g/mol. The van der Waals surface area contributed by atoms with E-state index in [9.17, 15) is 4.39 Å². The van der Waals surface area contributed by atoms with E-state index in [-0.39, 0.29) is 12.4 Å². The average Bonchev–Trinajstić information content (AvgIpc) is 2.84. The van der Waals surface area contributed by atoms with Gasteiger partial charge in [-0.2, -0.15) is 5.10 Å². The fraction of sp³-hybridized carbons (Fsp3) is 0.267. The van der Waals surface area contributed by atoms with Crippen molar-refractivity contribution in [2.24, 2.45) is 7.05 Å². The van der Waals surface area contributed by atoms with Gasteiger partial charge in [0.15, 0.2) is 0 Å². The van der Waals surface area contributed by atoms with Crippen molar-refractivity contribution in [1.82, 2.24) is 9.78 Å². The Labute approximate surface area is 122 Å². The Hall–Kier alpha value is -1.99. The fourth-order valence-corrected chi connectivity index (χ4v) is 1.71. The molecule has 0 radical (unpaired) electrons. The topological polar surface area (TPSA) is 27.1 Å². The molecule has 0 aliphatic heterocycles.